The maximum absolute atomic E-state index is 11.5. The highest BCUT2D eigenvalue weighted by Gasteiger charge is 2.27. The van der Waals surface area contributed by atoms with Crippen molar-refractivity contribution in [3.8, 4) is 11.5 Å². The number of rotatable bonds is 3. The van der Waals surface area contributed by atoms with Crippen LogP contribution in [-0.2, 0) is 10.2 Å². The van der Waals surface area contributed by atoms with Crippen LogP contribution in [0.5, 0.6) is 11.5 Å². The molecule has 0 heterocycles. The zero-order valence-electron chi connectivity index (χ0n) is 13.7. The molecule has 0 aliphatic carbocycles. The molecule has 0 saturated heterocycles. The van der Waals surface area contributed by atoms with E-state index in [0.717, 1.165) is 21.9 Å². The van der Waals surface area contributed by atoms with Gasteiger partial charge in [-0.05, 0) is 17.9 Å². The molecule has 2 aromatic carbocycles. The predicted molar refractivity (Wildman–Crippen MR) is 86.4 cm³/mol. The number of hydrogen-bond acceptors (Lipinski definition) is 4. The molecule has 22 heavy (non-hydrogen) atoms. The van der Waals surface area contributed by atoms with Crippen LogP contribution >= 0.6 is 0 Å². The van der Waals surface area contributed by atoms with E-state index in [0.29, 0.717) is 11.5 Å². The maximum atomic E-state index is 11.5. The van der Waals surface area contributed by atoms with E-state index < -0.39 is 6.79 Å². The van der Waals surface area contributed by atoms with E-state index in [1.807, 2.05) is 31.2 Å². The van der Waals surface area contributed by atoms with Crippen LogP contribution in [0.3, 0.4) is 0 Å². The molecule has 0 spiro atoms. The van der Waals surface area contributed by atoms with E-state index in [9.17, 15) is 9.90 Å². The SMILES string of the molecule is CC(=O)Oc1c(C)c(C(C)(C)C)c(OCO)c2ccccc12. The van der Waals surface area contributed by atoms with Gasteiger partial charge in [-0.25, -0.2) is 0 Å². The quantitative estimate of drug-likeness (QED) is 0.533. The molecule has 1 N–H and O–H groups in total. The Morgan fingerprint density at radius 1 is 1.14 bits per heavy atom. The molecule has 0 radical (unpaired) electrons. The van der Waals surface area contributed by atoms with Crippen molar-refractivity contribution in [1.29, 1.82) is 0 Å². The monoisotopic (exact) mass is 302 g/mol. The van der Waals surface area contributed by atoms with Crippen LogP contribution in [0.15, 0.2) is 24.3 Å². The molecule has 0 bridgehead atoms. The number of ether oxygens (including phenoxy) is 2. The van der Waals surface area contributed by atoms with Gasteiger partial charge in [0.2, 0.25) is 0 Å². The Bertz CT molecular complexity index is 711. The number of fused-ring (bicyclic) bond motifs is 1. The molecule has 0 aliphatic rings. The summed E-state index contributed by atoms with van der Waals surface area (Å²) in [7, 11) is 0. The van der Waals surface area contributed by atoms with E-state index in [1.54, 1.807) is 0 Å². The van der Waals surface area contributed by atoms with Crippen LogP contribution in [0.4, 0.5) is 0 Å². The fourth-order valence-electron chi connectivity index (χ4n) is 2.89. The van der Waals surface area contributed by atoms with Crippen molar-refractivity contribution >= 4 is 16.7 Å². The fourth-order valence-corrected chi connectivity index (χ4v) is 2.89. The van der Waals surface area contributed by atoms with E-state index in [2.05, 4.69) is 20.8 Å². The van der Waals surface area contributed by atoms with Gasteiger partial charge in [0, 0.05) is 23.3 Å². The van der Waals surface area contributed by atoms with Crippen LogP contribution in [0.1, 0.15) is 38.8 Å². The minimum Gasteiger partial charge on any atom is -0.467 e. The zero-order chi connectivity index (χ0) is 16.5. The highest BCUT2D eigenvalue weighted by molar-refractivity contribution is 5.97. The second kappa shape index (κ2) is 5.97. The van der Waals surface area contributed by atoms with E-state index in [4.69, 9.17) is 9.47 Å². The summed E-state index contributed by atoms with van der Waals surface area (Å²) in [6.45, 7) is 9.09. The molecule has 0 aliphatic heterocycles. The van der Waals surface area contributed by atoms with Crippen molar-refractivity contribution < 1.29 is 19.4 Å². The second-order valence-corrected chi connectivity index (χ2v) is 6.32. The summed E-state index contributed by atoms with van der Waals surface area (Å²) in [5.74, 6) is 0.834. The van der Waals surface area contributed by atoms with Crippen molar-refractivity contribution in [2.24, 2.45) is 0 Å². The molecule has 0 atom stereocenters. The predicted octanol–water partition coefficient (Wildman–Crippen LogP) is 3.70. The maximum Gasteiger partial charge on any atom is 0.308 e. The summed E-state index contributed by atoms with van der Waals surface area (Å²) in [4.78, 5) is 11.5. The molecule has 0 unspecified atom stereocenters. The molecule has 0 fully saturated rings. The fraction of sp³-hybridized carbons (Fsp3) is 0.389. The molecule has 2 rings (SSSR count). The first kappa shape index (κ1) is 16.3. The standard InChI is InChI=1S/C18H22O4/c1-11-15(18(3,4)5)17(21-10-19)14-9-7-6-8-13(14)16(11)22-12(2)20/h6-9,19H,10H2,1-5H3. The van der Waals surface area contributed by atoms with Gasteiger partial charge in [-0.1, -0.05) is 45.0 Å². The third kappa shape index (κ3) is 2.92. The van der Waals surface area contributed by atoms with Gasteiger partial charge in [0.25, 0.3) is 0 Å². The average Bonchev–Trinajstić information content (AvgIpc) is 2.41. The topological polar surface area (TPSA) is 55.8 Å². The Kier molecular flexibility index (Phi) is 4.42. The first-order valence-corrected chi connectivity index (χ1v) is 7.25. The van der Waals surface area contributed by atoms with E-state index in [-0.39, 0.29) is 11.4 Å². The summed E-state index contributed by atoms with van der Waals surface area (Å²) in [6, 6.07) is 7.57. The Labute approximate surface area is 130 Å². The number of esters is 1. The van der Waals surface area contributed by atoms with Gasteiger partial charge in [-0.3, -0.25) is 4.79 Å². The molecule has 118 valence electrons. The van der Waals surface area contributed by atoms with Gasteiger partial charge in [0.05, 0.1) is 0 Å². The second-order valence-electron chi connectivity index (χ2n) is 6.32. The van der Waals surface area contributed by atoms with Gasteiger partial charge in [0.15, 0.2) is 6.79 Å². The van der Waals surface area contributed by atoms with Gasteiger partial charge in [-0.2, -0.15) is 0 Å². The molecule has 0 aromatic heterocycles. The highest BCUT2D eigenvalue weighted by Crippen LogP contribution is 2.45. The molecule has 4 nitrogen and oxygen atoms in total. The average molecular weight is 302 g/mol. The molecular formula is C18H22O4. The normalized spacial score (nSPS) is 11.5. The lowest BCUT2D eigenvalue weighted by atomic mass is 9.81. The van der Waals surface area contributed by atoms with Gasteiger partial charge >= 0.3 is 5.97 Å². The summed E-state index contributed by atoms with van der Waals surface area (Å²) >= 11 is 0. The molecule has 4 heteroatoms. The lowest BCUT2D eigenvalue weighted by Gasteiger charge is -2.27. The minimum absolute atomic E-state index is 0.229. The van der Waals surface area contributed by atoms with Crippen LogP contribution in [0, 0.1) is 6.92 Å². The molecule has 2 aromatic rings. The summed E-state index contributed by atoms with van der Waals surface area (Å²) in [5.41, 5.74) is 1.55. The largest absolute Gasteiger partial charge is 0.467 e. The zero-order valence-corrected chi connectivity index (χ0v) is 13.7. The number of aliphatic hydroxyl groups excluding tert-OH is 1. The van der Waals surface area contributed by atoms with Crippen LogP contribution in [0.25, 0.3) is 10.8 Å². The van der Waals surface area contributed by atoms with E-state index >= 15 is 0 Å². The first-order valence-electron chi connectivity index (χ1n) is 7.25. The summed E-state index contributed by atoms with van der Waals surface area (Å²) < 4.78 is 11.0. The van der Waals surface area contributed by atoms with Gasteiger partial charge in [0.1, 0.15) is 11.5 Å². The first-order chi connectivity index (χ1) is 10.3. The Balaban J connectivity index is 2.93. The van der Waals surface area contributed by atoms with Gasteiger partial charge in [-0.15, -0.1) is 0 Å². The minimum atomic E-state index is -0.403. The van der Waals surface area contributed by atoms with Crippen LogP contribution < -0.4 is 9.47 Å². The summed E-state index contributed by atoms with van der Waals surface area (Å²) in [5, 5.41) is 10.9. The summed E-state index contributed by atoms with van der Waals surface area (Å²) in [6.07, 6.45) is 0. The number of carbonyl (C=O) groups is 1. The van der Waals surface area contributed by atoms with Crippen molar-refractivity contribution in [2.45, 2.75) is 40.0 Å². The Hall–Kier alpha value is -2.07. The number of carbonyl (C=O) groups excluding carboxylic acids is 1. The Morgan fingerprint density at radius 3 is 2.14 bits per heavy atom. The molecule has 0 saturated carbocycles. The van der Waals surface area contributed by atoms with Crippen molar-refractivity contribution in [3.63, 3.8) is 0 Å². The Morgan fingerprint density at radius 2 is 1.68 bits per heavy atom. The van der Waals surface area contributed by atoms with Crippen molar-refractivity contribution in [2.75, 3.05) is 6.79 Å². The number of aliphatic hydroxyl groups is 1. The van der Waals surface area contributed by atoms with Crippen molar-refractivity contribution in [3.05, 3.63) is 35.4 Å². The lowest BCUT2D eigenvalue weighted by molar-refractivity contribution is -0.131. The third-order valence-electron chi connectivity index (χ3n) is 3.56. The lowest BCUT2D eigenvalue weighted by Crippen LogP contribution is -2.17. The number of benzene rings is 2. The molecular weight excluding hydrogens is 280 g/mol. The van der Waals surface area contributed by atoms with Crippen LogP contribution in [-0.4, -0.2) is 17.9 Å². The number of hydrogen-bond donors (Lipinski definition) is 1. The van der Waals surface area contributed by atoms with Gasteiger partial charge < -0.3 is 14.6 Å². The smallest absolute Gasteiger partial charge is 0.308 e. The highest BCUT2D eigenvalue weighted by atomic mass is 16.6. The molecule has 0 amide bonds. The van der Waals surface area contributed by atoms with Crippen molar-refractivity contribution in [1.82, 2.24) is 0 Å². The van der Waals surface area contributed by atoms with E-state index in [1.165, 1.54) is 6.92 Å². The van der Waals surface area contributed by atoms with Crippen LogP contribution in [0.2, 0.25) is 0 Å². The third-order valence-corrected chi connectivity index (χ3v) is 3.56.